The minimum atomic E-state index is -1.13. The monoisotopic (exact) mass is 334 g/mol. The first-order valence-corrected chi connectivity index (χ1v) is 7.28. The molecule has 1 atom stereocenters. The van der Waals surface area contributed by atoms with Crippen LogP contribution in [0.4, 0.5) is 18.9 Å². The summed E-state index contributed by atoms with van der Waals surface area (Å²) in [5.41, 5.74) is 0.466. The van der Waals surface area contributed by atoms with E-state index >= 15 is 0 Å². The predicted molar refractivity (Wildman–Crippen MR) is 81.0 cm³/mol. The number of carbonyl (C=O) groups is 2. The van der Waals surface area contributed by atoms with Crippen LogP contribution in [0.3, 0.4) is 0 Å². The van der Waals surface area contributed by atoms with Crippen molar-refractivity contribution < 1.29 is 22.8 Å². The van der Waals surface area contributed by atoms with E-state index in [0.29, 0.717) is 18.7 Å². The number of halogens is 3. The first-order valence-electron chi connectivity index (χ1n) is 7.28. The Bertz CT molecular complexity index is 793. The average Bonchev–Trinajstić information content (AvgIpc) is 2.92. The Kier molecular flexibility index (Phi) is 4.24. The Labute approximate surface area is 135 Å². The molecule has 2 aromatic carbocycles. The smallest absolute Gasteiger partial charge is 0.252 e. The van der Waals surface area contributed by atoms with Gasteiger partial charge in [-0.15, -0.1) is 0 Å². The Morgan fingerprint density at radius 3 is 2.42 bits per heavy atom. The summed E-state index contributed by atoms with van der Waals surface area (Å²) in [6.07, 6.45) is 0.367. The maximum atomic E-state index is 13.2. The van der Waals surface area contributed by atoms with E-state index in [4.69, 9.17) is 0 Å². The molecule has 7 heteroatoms. The second-order valence-corrected chi connectivity index (χ2v) is 5.41. The van der Waals surface area contributed by atoms with E-state index < -0.39 is 29.4 Å². The van der Waals surface area contributed by atoms with Gasteiger partial charge in [0.2, 0.25) is 5.91 Å². The van der Waals surface area contributed by atoms with Crippen LogP contribution in [0.1, 0.15) is 16.8 Å². The fourth-order valence-corrected chi connectivity index (χ4v) is 2.57. The fraction of sp³-hybridized carbons (Fsp3) is 0.176. The zero-order chi connectivity index (χ0) is 17.3. The van der Waals surface area contributed by atoms with Crippen molar-refractivity contribution in [3.05, 3.63) is 65.5 Å². The summed E-state index contributed by atoms with van der Waals surface area (Å²) >= 11 is 0. The van der Waals surface area contributed by atoms with Gasteiger partial charge in [0, 0.05) is 17.8 Å². The molecular formula is C17H13F3N2O2. The molecule has 1 aliphatic rings. The summed E-state index contributed by atoms with van der Waals surface area (Å²) in [6, 6.07) is 7.46. The van der Waals surface area contributed by atoms with Gasteiger partial charge in [0.1, 0.15) is 11.9 Å². The number of benzene rings is 2. The second-order valence-electron chi connectivity index (χ2n) is 5.41. The Morgan fingerprint density at radius 1 is 1.04 bits per heavy atom. The van der Waals surface area contributed by atoms with Crippen LogP contribution in [0.25, 0.3) is 0 Å². The van der Waals surface area contributed by atoms with Gasteiger partial charge in [0.25, 0.3) is 5.91 Å². The van der Waals surface area contributed by atoms with Crippen LogP contribution >= 0.6 is 0 Å². The summed E-state index contributed by atoms with van der Waals surface area (Å²) in [4.78, 5) is 25.9. The van der Waals surface area contributed by atoms with Crippen molar-refractivity contribution >= 4 is 17.5 Å². The highest BCUT2D eigenvalue weighted by molar-refractivity contribution is 6.03. The molecule has 1 unspecified atom stereocenters. The number of carbonyl (C=O) groups excluding carboxylic acids is 2. The summed E-state index contributed by atoms with van der Waals surface area (Å²) in [7, 11) is 0. The highest BCUT2D eigenvalue weighted by Crippen LogP contribution is 2.22. The lowest BCUT2D eigenvalue weighted by Crippen LogP contribution is -2.41. The van der Waals surface area contributed by atoms with Gasteiger partial charge < -0.3 is 10.2 Å². The second kappa shape index (κ2) is 6.35. The van der Waals surface area contributed by atoms with Crippen LogP contribution in [-0.4, -0.2) is 24.4 Å². The van der Waals surface area contributed by atoms with Gasteiger partial charge in [-0.1, -0.05) is 0 Å². The van der Waals surface area contributed by atoms with E-state index in [2.05, 4.69) is 5.32 Å². The third-order valence-electron chi connectivity index (χ3n) is 3.83. The normalized spacial score (nSPS) is 17.2. The predicted octanol–water partition coefficient (Wildman–Crippen LogP) is 2.64. The van der Waals surface area contributed by atoms with E-state index in [-0.39, 0.29) is 11.5 Å². The standard InChI is InChI=1S/C17H13F3N2O2/c18-11-2-4-12(5-3-11)22-8-7-15(17(22)24)21-16(23)10-1-6-13(19)14(20)9-10/h1-6,9,15H,7-8H2,(H,21,23). The average molecular weight is 334 g/mol. The van der Waals surface area contributed by atoms with Crippen molar-refractivity contribution in [2.45, 2.75) is 12.5 Å². The van der Waals surface area contributed by atoms with Gasteiger partial charge in [0.15, 0.2) is 11.6 Å². The molecule has 0 saturated carbocycles. The topological polar surface area (TPSA) is 49.4 Å². The molecule has 0 aromatic heterocycles. The molecular weight excluding hydrogens is 321 g/mol. The van der Waals surface area contributed by atoms with Crippen molar-refractivity contribution in [1.29, 1.82) is 0 Å². The number of nitrogens with one attached hydrogen (secondary N) is 1. The largest absolute Gasteiger partial charge is 0.340 e. The third-order valence-corrected chi connectivity index (χ3v) is 3.83. The lowest BCUT2D eigenvalue weighted by Gasteiger charge is -2.17. The van der Waals surface area contributed by atoms with E-state index in [1.165, 1.54) is 29.2 Å². The number of rotatable bonds is 3. The van der Waals surface area contributed by atoms with Gasteiger partial charge >= 0.3 is 0 Å². The van der Waals surface area contributed by atoms with E-state index in [1.807, 2.05) is 0 Å². The minimum absolute atomic E-state index is 0.0677. The van der Waals surface area contributed by atoms with Crippen LogP contribution in [0.2, 0.25) is 0 Å². The van der Waals surface area contributed by atoms with Crippen molar-refractivity contribution in [3.8, 4) is 0 Å². The zero-order valence-corrected chi connectivity index (χ0v) is 12.4. The number of anilines is 1. The van der Waals surface area contributed by atoms with E-state index in [9.17, 15) is 22.8 Å². The van der Waals surface area contributed by atoms with Gasteiger partial charge in [-0.25, -0.2) is 13.2 Å². The summed E-state index contributed by atoms with van der Waals surface area (Å²) in [5.74, 6) is -3.58. The van der Waals surface area contributed by atoms with Crippen molar-refractivity contribution in [3.63, 3.8) is 0 Å². The number of hydrogen-bond acceptors (Lipinski definition) is 2. The molecule has 4 nitrogen and oxygen atoms in total. The molecule has 0 spiro atoms. The molecule has 24 heavy (non-hydrogen) atoms. The number of nitrogens with zero attached hydrogens (tertiary/aromatic N) is 1. The quantitative estimate of drug-likeness (QED) is 0.938. The summed E-state index contributed by atoms with van der Waals surface area (Å²) in [6.45, 7) is 0.368. The molecule has 124 valence electrons. The minimum Gasteiger partial charge on any atom is -0.340 e. The van der Waals surface area contributed by atoms with Gasteiger partial charge in [-0.05, 0) is 48.9 Å². The molecule has 1 saturated heterocycles. The molecule has 0 bridgehead atoms. The zero-order valence-electron chi connectivity index (χ0n) is 12.4. The molecule has 2 amide bonds. The fourth-order valence-electron chi connectivity index (χ4n) is 2.57. The van der Waals surface area contributed by atoms with Crippen LogP contribution in [-0.2, 0) is 4.79 Å². The summed E-state index contributed by atoms with van der Waals surface area (Å²) in [5, 5.41) is 2.51. The first kappa shape index (κ1) is 16.0. The highest BCUT2D eigenvalue weighted by atomic mass is 19.2. The maximum Gasteiger partial charge on any atom is 0.252 e. The molecule has 1 heterocycles. The molecule has 1 fully saturated rings. The molecule has 1 N–H and O–H groups in total. The van der Waals surface area contributed by atoms with Gasteiger partial charge in [-0.3, -0.25) is 9.59 Å². The number of hydrogen-bond donors (Lipinski definition) is 1. The van der Waals surface area contributed by atoms with Crippen molar-refractivity contribution in [2.75, 3.05) is 11.4 Å². The van der Waals surface area contributed by atoms with Gasteiger partial charge in [-0.2, -0.15) is 0 Å². The van der Waals surface area contributed by atoms with Crippen molar-refractivity contribution in [2.24, 2.45) is 0 Å². The molecule has 0 radical (unpaired) electrons. The Hall–Kier alpha value is -2.83. The van der Waals surface area contributed by atoms with Crippen molar-refractivity contribution in [1.82, 2.24) is 5.32 Å². The number of amides is 2. The summed E-state index contributed by atoms with van der Waals surface area (Å²) < 4.78 is 39.0. The maximum absolute atomic E-state index is 13.2. The van der Waals surface area contributed by atoms with Gasteiger partial charge in [0.05, 0.1) is 0 Å². The first-order chi connectivity index (χ1) is 11.5. The Morgan fingerprint density at radius 2 is 1.75 bits per heavy atom. The Balaban J connectivity index is 1.70. The third kappa shape index (κ3) is 3.10. The SMILES string of the molecule is O=C(NC1CCN(c2ccc(F)cc2)C1=O)c1ccc(F)c(F)c1. The molecule has 0 aliphatic carbocycles. The van der Waals surface area contributed by atoms with Crippen LogP contribution in [0, 0.1) is 17.5 Å². The lowest BCUT2D eigenvalue weighted by atomic mass is 10.1. The highest BCUT2D eigenvalue weighted by Gasteiger charge is 2.33. The molecule has 2 aromatic rings. The van der Waals surface area contributed by atoms with Crippen LogP contribution < -0.4 is 10.2 Å². The van der Waals surface area contributed by atoms with Crippen LogP contribution in [0.5, 0.6) is 0 Å². The van der Waals surface area contributed by atoms with E-state index in [1.54, 1.807) is 0 Å². The van der Waals surface area contributed by atoms with Crippen LogP contribution in [0.15, 0.2) is 42.5 Å². The lowest BCUT2D eigenvalue weighted by molar-refractivity contribution is -0.118. The molecule has 3 rings (SSSR count). The van der Waals surface area contributed by atoms with E-state index in [0.717, 1.165) is 18.2 Å². The molecule has 1 aliphatic heterocycles.